The van der Waals surface area contributed by atoms with Gasteiger partial charge in [0, 0.05) is 22.8 Å². The molecule has 13 heteroatoms. The van der Waals surface area contributed by atoms with Gasteiger partial charge in [-0.2, -0.15) is 8.78 Å². The maximum Gasteiger partial charge on any atom is 0.399 e. The van der Waals surface area contributed by atoms with Crippen LogP contribution in [0.4, 0.5) is 8.78 Å². The van der Waals surface area contributed by atoms with Crippen molar-refractivity contribution < 1.29 is 37.5 Å². The lowest BCUT2D eigenvalue weighted by Gasteiger charge is -2.36. The van der Waals surface area contributed by atoms with Crippen molar-refractivity contribution in [3.05, 3.63) is 70.1 Å². The monoisotopic (exact) mass is 647 g/mol. The fourth-order valence-corrected chi connectivity index (χ4v) is 7.37. The Morgan fingerprint density at radius 3 is 2.43 bits per heavy atom. The molecular weight excluding hydrogens is 611 g/mol. The van der Waals surface area contributed by atoms with Gasteiger partial charge in [0.05, 0.1) is 4.88 Å². The van der Waals surface area contributed by atoms with E-state index in [1.165, 1.54) is 23.3 Å². The summed E-state index contributed by atoms with van der Waals surface area (Å²) in [6, 6.07) is 11.0. The number of nitrogens with zero attached hydrogens (tertiary/aromatic N) is 1. The second-order valence-electron chi connectivity index (χ2n) is 12.6. The Balaban J connectivity index is 1.30. The van der Waals surface area contributed by atoms with Crippen LogP contribution in [-0.2, 0) is 32.7 Å². The number of likely N-dealkylation sites (tertiary alicyclic amines) is 1. The summed E-state index contributed by atoms with van der Waals surface area (Å²) in [5, 5.41) is 6.17. The summed E-state index contributed by atoms with van der Waals surface area (Å²) >= 11 is 1.01. The first kappa shape index (κ1) is 32.2. The van der Waals surface area contributed by atoms with E-state index in [1.807, 2.05) is 32.9 Å². The minimum atomic E-state index is -5.76. The number of carbonyl (C=O) groups is 3. The molecule has 1 saturated heterocycles. The van der Waals surface area contributed by atoms with E-state index in [2.05, 4.69) is 22.8 Å². The predicted molar refractivity (Wildman–Crippen MR) is 164 cm³/mol. The Labute approximate surface area is 258 Å². The van der Waals surface area contributed by atoms with Gasteiger partial charge in [0.2, 0.25) is 11.8 Å². The standard InChI is InChI=1S/C31H36F2N3O6PS/c1-30(2,3)26(35-28(38)25-17-20-15-21(11-13-24(20)44-25)31(32,33)43(40,41)42)29(39)36-14-6-9-23(36)27(37)34-22-12-10-18-7-4-5-8-19(18)16-22/h4-5,7-8,11,13,15,17,22-23,26H,6,9-10,12,14,16H2,1-3H3,(H,34,37)(H,35,38)(H2,40,41,42)/t22-,23+,26-/m1/s1. The number of fused-ring (bicyclic) bond motifs is 2. The number of rotatable bonds is 7. The van der Waals surface area contributed by atoms with Gasteiger partial charge in [0.25, 0.3) is 5.91 Å². The zero-order valence-electron chi connectivity index (χ0n) is 24.7. The fourth-order valence-electron chi connectivity index (χ4n) is 5.95. The van der Waals surface area contributed by atoms with Crippen LogP contribution < -0.4 is 10.6 Å². The molecule has 2 aromatic carbocycles. The van der Waals surface area contributed by atoms with Gasteiger partial charge in [-0.25, -0.2) is 0 Å². The van der Waals surface area contributed by atoms with Crippen molar-refractivity contribution in [2.45, 2.75) is 76.7 Å². The van der Waals surface area contributed by atoms with Crippen LogP contribution in [0.5, 0.6) is 0 Å². The van der Waals surface area contributed by atoms with E-state index in [0.717, 1.165) is 42.7 Å². The molecule has 3 aromatic rings. The summed E-state index contributed by atoms with van der Waals surface area (Å²) in [7, 11) is -5.76. The molecule has 0 saturated carbocycles. The molecule has 4 N–H and O–H groups in total. The van der Waals surface area contributed by atoms with Crippen molar-refractivity contribution in [2.24, 2.45) is 5.41 Å². The molecule has 2 aliphatic rings. The molecule has 1 fully saturated rings. The molecule has 1 aliphatic heterocycles. The number of alkyl halides is 2. The molecule has 0 spiro atoms. The Morgan fingerprint density at radius 1 is 1.05 bits per heavy atom. The van der Waals surface area contributed by atoms with Crippen molar-refractivity contribution >= 4 is 46.7 Å². The zero-order chi connectivity index (χ0) is 32.0. The molecule has 0 unspecified atom stereocenters. The lowest BCUT2D eigenvalue weighted by molar-refractivity contribution is -0.142. The zero-order valence-corrected chi connectivity index (χ0v) is 26.4. The molecule has 9 nitrogen and oxygen atoms in total. The quantitative estimate of drug-likeness (QED) is 0.269. The first-order valence-corrected chi connectivity index (χ1v) is 16.9. The van der Waals surface area contributed by atoms with Crippen molar-refractivity contribution in [2.75, 3.05) is 6.54 Å². The van der Waals surface area contributed by atoms with Crippen LogP contribution in [0.2, 0.25) is 0 Å². The highest BCUT2D eigenvalue weighted by atomic mass is 32.1. The molecule has 5 rings (SSSR count). The molecule has 1 aromatic heterocycles. The van der Waals surface area contributed by atoms with Gasteiger partial charge in [0.1, 0.15) is 12.1 Å². The molecule has 44 heavy (non-hydrogen) atoms. The van der Waals surface area contributed by atoms with E-state index in [9.17, 15) is 27.7 Å². The molecule has 3 atom stereocenters. The number of hydrogen-bond acceptors (Lipinski definition) is 5. The minimum absolute atomic E-state index is 0.0248. The van der Waals surface area contributed by atoms with Crippen LogP contribution in [0.3, 0.4) is 0 Å². The Kier molecular flexibility index (Phi) is 8.76. The van der Waals surface area contributed by atoms with Gasteiger partial charge >= 0.3 is 13.3 Å². The van der Waals surface area contributed by atoms with Gasteiger partial charge in [-0.15, -0.1) is 11.3 Å². The molecule has 0 radical (unpaired) electrons. The third-order valence-electron chi connectivity index (χ3n) is 8.37. The summed E-state index contributed by atoms with van der Waals surface area (Å²) in [5.74, 6) is -1.17. The van der Waals surface area contributed by atoms with E-state index in [0.29, 0.717) is 24.1 Å². The van der Waals surface area contributed by atoms with Gasteiger partial charge in [-0.3, -0.25) is 18.9 Å². The molecule has 1 aliphatic carbocycles. The molecule has 0 bridgehead atoms. The highest BCUT2D eigenvalue weighted by molar-refractivity contribution is 7.52. The maximum absolute atomic E-state index is 14.3. The van der Waals surface area contributed by atoms with Crippen LogP contribution in [0.25, 0.3) is 10.1 Å². The number of thiophene rings is 1. The van der Waals surface area contributed by atoms with E-state index in [1.54, 1.807) is 4.90 Å². The van der Waals surface area contributed by atoms with E-state index >= 15 is 0 Å². The third-order valence-corrected chi connectivity index (χ3v) is 10.5. The molecule has 3 amide bonds. The summed E-state index contributed by atoms with van der Waals surface area (Å²) in [6.45, 7) is 5.80. The normalized spacial score (nSPS) is 19.8. The number of benzene rings is 2. The highest BCUT2D eigenvalue weighted by Crippen LogP contribution is 2.59. The third kappa shape index (κ3) is 6.44. The first-order valence-electron chi connectivity index (χ1n) is 14.5. The SMILES string of the molecule is CC(C)(C)[C@H](NC(=O)c1cc2cc(C(F)(F)P(=O)(O)O)ccc2s1)C(=O)N1CCC[C@H]1C(=O)N[C@@H]1CCc2ccccc2C1. The maximum atomic E-state index is 14.3. The Hall–Kier alpha value is -3.18. The van der Waals surface area contributed by atoms with Gasteiger partial charge < -0.3 is 25.3 Å². The molecular formula is C31H36F2N3O6PS. The Bertz CT molecular complexity index is 1650. The van der Waals surface area contributed by atoms with Crippen molar-refractivity contribution in [3.63, 3.8) is 0 Å². The minimum Gasteiger partial charge on any atom is -0.351 e. The Morgan fingerprint density at radius 2 is 1.75 bits per heavy atom. The second-order valence-corrected chi connectivity index (χ2v) is 15.4. The van der Waals surface area contributed by atoms with Crippen molar-refractivity contribution in [1.82, 2.24) is 15.5 Å². The van der Waals surface area contributed by atoms with Crippen LogP contribution in [0, 0.1) is 5.41 Å². The largest absolute Gasteiger partial charge is 0.399 e. The van der Waals surface area contributed by atoms with E-state index in [-0.39, 0.29) is 28.1 Å². The lowest BCUT2D eigenvalue weighted by atomic mass is 9.85. The molecule has 236 valence electrons. The number of nitrogens with one attached hydrogen (secondary N) is 2. The fraction of sp³-hybridized carbons (Fsp3) is 0.452. The predicted octanol–water partition coefficient (Wildman–Crippen LogP) is 4.94. The van der Waals surface area contributed by atoms with Crippen LogP contribution >= 0.6 is 18.9 Å². The average Bonchev–Trinajstić information content (AvgIpc) is 3.61. The van der Waals surface area contributed by atoms with Crippen molar-refractivity contribution in [1.29, 1.82) is 0 Å². The summed E-state index contributed by atoms with van der Waals surface area (Å²) < 4.78 is 40.3. The second kappa shape index (κ2) is 12.0. The van der Waals surface area contributed by atoms with Crippen molar-refractivity contribution in [3.8, 4) is 0 Å². The van der Waals surface area contributed by atoms with Crippen LogP contribution in [-0.4, -0.2) is 57.1 Å². The summed E-state index contributed by atoms with van der Waals surface area (Å²) in [5.41, 5.74) is -3.46. The van der Waals surface area contributed by atoms with E-state index < -0.39 is 42.2 Å². The van der Waals surface area contributed by atoms with Crippen LogP contribution in [0.15, 0.2) is 48.5 Å². The van der Waals surface area contributed by atoms with Gasteiger partial charge in [-0.05, 0) is 72.2 Å². The highest BCUT2D eigenvalue weighted by Gasteiger charge is 2.50. The number of amides is 3. The summed E-state index contributed by atoms with van der Waals surface area (Å²) in [4.78, 5) is 60.6. The van der Waals surface area contributed by atoms with Gasteiger partial charge in [0.15, 0.2) is 0 Å². The number of halogens is 2. The molecule has 2 heterocycles. The summed E-state index contributed by atoms with van der Waals surface area (Å²) in [6.07, 6.45) is 3.59. The smallest absolute Gasteiger partial charge is 0.351 e. The van der Waals surface area contributed by atoms with Gasteiger partial charge in [-0.1, -0.05) is 51.1 Å². The lowest BCUT2D eigenvalue weighted by Crippen LogP contribution is -2.58. The topological polar surface area (TPSA) is 136 Å². The number of aryl methyl sites for hydroxylation is 1. The number of carbonyl (C=O) groups excluding carboxylic acids is 3. The number of hydrogen-bond donors (Lipinski definition) is 4. The average molecular weight is 648 g/mol. The van der Waals surface area contributed by atoms with Crippen LogP contribution in [0.1, 0.15) is 66.4 Å². The van der Waals surface area contributed by atoms with E-state index in [4.69, 9.17) is 9.79 Å². The first-order chi connectivity index (χ1) is 20.6.